The van der Waals surface area contributed by atoms with E-state index >= 15 is 0 Å². The highest BCUT2D eigenvalue weighted by Gasteiger charge is 2.25. The molecule has 1 aliphatic heterocycles. The third-order valence-electron chi connectivity index (χ3n) is 3.49. The first kappa shape index (κ1) is 15.6. The summed E-state index contributed by atoms with van der Waals surface area (Å²) < 4.78 is 11.0. The second-order valence-electron chi connectivity index (χ2n) is 5.87. The van der Waals surface area contributed by atoms with Gasteiger partial charge in [-0.1, -0.05) is 13.8 Å². The van der Waals surface area contributed by atoms with Gasteiger partial charge in [-0.3, -0.25) is 4.79 Å². The van der Waals surface area contributed by atoms with Crippen molar-refractivity contribution in [1.82, 2.24) is 4.90 Å². The molecule has 1 aliphatic rings. The first-order valence-corrected chi connectivity index (χ1v) is 7.37. The maximum atomic E-state index is 12.4. The van der Waals surface area contributed by atoms with Gasteiger partial charge in [0.25, 0.3) is 5.91 Å². The van der Waals surface area contributed by atoms with Crippen LogP contribution in [0.2, 0.25) is 0 Å². The summed E-state index contributed by atoms with van der Waals surface area (Å²) in [4.78, 5) is 14.2. The zero-order valence-electron chi connectivity index (χ0n) is 13.0. The molecule has 5 heteroatoms. The Labute approximate surface area is 126 Å². The molecule has 0 spiro atoms. The maximum absolute atomic E-state index is 12.4. The molecule has 1 aromatic rings. The van der Waals surface area contributed by atoms with Crippen molar-refractivity contribution in [3.8, 4) is 11.5 Å². The van der Waals surface area contributed by atoms with Gasteiger partial charge in [-0.05, 0) is 30.5 Å². The van der Waals surface area contributed by atoms with Gasteiger partial charge in [0.2, 0.25) is 0 Å². The fourth-order valence-corrected chi connectivity index (χ4v) is 2.33. The summed E-state index contributed by atoms with van der Waals surface area (Å²) in [6.07, 6.45) is 0.860. The fourth-order valence-electron chi connectivity index (χ4n) is 2.33. The largest absolute Gasteiger partial charge is 0.493 e. The van der Waals surface area contributed by atoms with Crippen LogP contribution in [-0.2, 0) is 0 Å². The van der Waals surface area contributed by atoms with E-state index in [-0.39, 0.29) is 11.9 Å². The van der Waals surface area contributed by atoms with Crippen LogP contribution >= 0.6 is 0 Å². The van der Waals surface area contributed by atoms with Crippen molar-refractivity contribution in [2.45, 2.75) is 26.3 Å². The van der Waals surface area contributed by atoms with Crippen LogP contribution in [-0.4, -0.2) is 43.7 Å². The van der Waals surface area contributed by atoms with Crippen molar-refractivity contribution < 1.29 is 14.3 Å². The van der Waals surface area contributed by atoms with Crippen LogP contribution in [0, 0.1) is 5.92 Å². The number of hydrogen-bond acceptors (Lipinski definition) is 4. The van der Waals surface area contributed by atoms with E-state index in [4.69, 9.17) is 15.2 Å². The molecule has 1 heterocycles. The predicted octanol–water partition coefficient (Wildman–Crippen LogP) is 1.90. The molecule has 1 atom stereocenters. The number of ether oxygens (including phenoxy) is 2. The van der Waals surface area contributed by atoms with Crippen LogP contribution in [0.15, 0.2) is 18.2 Å². The summed E-state index contributed by atoms with van der Waals surface area (Å²) in [5.41, 5.74) is 6.46. The lowest BCUT2D eigenvalue weighted by molar-refractivity contribution is 0.0790. The smallest absolute Gasteiger partial charge is 0.254 e. The first-order valence-electron chi connectivity index (χ1n) is 7.37. The molecule has 2 N–H and O–H groups in total. The minimum Gasteiger partial charge on any atom is -0.493 e. The molecule has 0 aliphatic carbocycles. The van der Waals surface area contributed by atoms with Crippen molar-refractivity contribution in [2.24, 2.45) is 11.7 Å². The normalized spacial score (nSPS) is 18.1. The highest BCUT2D eigenvalue weighted by molar-refractivity contribution is 5.95. The SMILES string of the molecule is COc1cc(C(=O)N2CC[C@@H](N)C2)ccc1OCC(C)C. The molecule has 1 saturated heterocycles. The van der Waals surface area contributed by atoms with Crippen LogP contribution in [0.1, 0.15) is 30.6 Å². The molecule has 1 amide bonds. The van der Waals surface area contributed by atoms with Gasteiger partial charge < -0.3 is 20.1 Å². The van der Waals surface area contributed by atoms with E-state index in [0.717, 1.165) is 6.42 Å². The number of likely N-dealkylation sites (tertiary alicyclic amines) is 1. The van der Waals surface area contributed by atoms with E-state index in [9.17, 15) is 4.79 Å². The number of nitrogens with two attached hydrogens (primary N) is 1. The monoisotopic (exact) mass is 292 g/mol. The molecule has 116 valence electrons. The number of carbonyl (C=O) groups is 1. The lowest BCUT2D eigenvalue weighted by Crippen LogP contribution is -2.31. The highest BCUT2D eigenvalue weighted by atomic mass is 16.5. The minimum atomic E-state index is -0.00309. The van der Waals surface area contributed by atoms with Crippen molar-refractivity contribution in [2.75, 3.05) is 26.8 Å². The molecular formula is C16H24N2O3. The Bertz CT molecular complexity index is 502. The third-order valence-corrected chi connectivity index (χ3v) is 3.49. The first-order chi connectivity index (χ1) is 10.0. The number of hydrogen-bond donors (Lipinski definition) is 1. The van der Waals surface area contributed by atoms with E-state index < -0.39 is 0 Å². The van der Waals surface area contributed by atoms with Gasteiger partial charge in [-0.15, -0.1) is 0 Å². The molecular weight excluding hydrogens is 268 g/mol. The molecule has 1 aromatic carbocycles. The van der Waals surface area contributed by atoms with Gasteiger partial charge >= 0.3 is 0 Å². The minimum absolute atomic E-state index is 0.00309. The van der Waals surface area contributed by atoms with Crippen LogP contribution in [0.5, 0.6) is 11.5 Å². The van der Waals surface area contributed by atoms with Crippen molar-refractivity contribution >= 4 is 5.91 Å². The average molecular weight is 292 g/mol. The Morgan fingerprint density at radius 3 is 2.76 bits per heavy atom. The zero-order chi connectivity index (χ0) is 15.4. The standard InChI is InChI=1S/C16H24N2O3/c1-11(2)10-21-14-5-4-12(8-15(14)20-3)16(19)18-7-6-13(17)9-18/h4-5,8,11,13H,6-7,9-10,17H2,1-3H3/t13-/m1/s1. The van der Waals surface area contributed by atoms with Crippen molar-refractivity contribution in [3.05, 3.63) is 23.8 Å². The van der Waals surface area contributed by atoms with Crippen molar-refractivity contribution in [3.63, 3.8) is 0 Å². The molecule has 0 radical (unpaired) electrons. The lowest BCUT2D eigenvalue weighted by Gasteiger charge is -2.17. The number of rotatable bonds is 5. The second-order valence-corrected chi connectivity index (χ2v) is 5.87. The van der Waals surface area contributed by atoms with Gasteiger partial charge in [-0.25, -0.2) is 0 Å². The number of benzene rings is 1. The predicted molar refractivity (Wildman–Crippen MR) is 81.8 cm³/mol. The topological polar surface area (TPSA) is 64.8 Å². The Balaban J connectivity index is 2.12. The number of nitrogens with zero attached hydrogens (tertiary/aromatic N) is 1. The summed E-state index contributed by atoms with van der Waals surface area (Å²) in [5, 5.41) is 0. The van der Waals surface area contributed by atoms with Crippen LogP contribution in [0.3, 0.4) is 0 Å². The van der Waals surface area contributed by atoms with Gasteiger partial charge in [-0.2, -0.15) is 0 Å². The summed E-state index contributed by atoms with van der Waals surface area (Å²) in [6, 6.07) is 5.40. The summed E-state index contributed by atoms with van der Waals surface area (Å²) in [5.74, 6) is 1.68. The summed E-state index contributed by atoms with van der Waals surface area (Å²) in [7, 11) is 1.58. The van der Waals surface area contributed by atoms with Crippen LogP contribution in [0.4, 0.5) is 0 Å². The Morgan fingerprint density at radius 1 is 1.43 bits per heavy atom. The molecule has 0 unspecified atom stereocenters. The zero-order valence-corrected chi connectivity index (χ0v) is 13.0. The Kier molecular flexibility index (Phi) is 5.07. The molecule has 0 aromatic heterocycles. The quantitative estimate of drug-likeness (QED) is 0.900. The van der Waals surface area contributed by atoms with Crippen LogP contribution in [0.25, 0.3) is 0 Å². The second kappa shape index (κ2) is 6.80. The van der Waals surface area contributed by atoms with Gasteiger partial charge in [0.05, 0.1) is 13.7 Å². The molecule has 1 fully saturated rings. The number of amides is 1. The molecule has 2 rings (SSSR count). The Hall–Kier alpha value is -1.75. The fraction of sp³-hybridized carbons (Fsp3) is 0.562. The molecule has 0 bridgehead atoms. The van der Waals surface area contributed by atoms with E-state index in [1.165, 1.54) is 0 Å². The molecule has 0 saturated carbocycles. The van der Waals surface area contributed by atoms with E-state index in [1.807, 2.05) is 0 Å². The van der Waals surface area contributed by atoms with E-state index in [0.29, 0.717) is 42.7 Å². The molecule has 5 nitrogen and oxygen atoms in total. The van der Waals surface area contributed by atoms with E-state index in [1.54, 1.807) is 30.2 Å². The third kappa shape index (κ3) is 3.88. The maximum Gasteiger partial charge on any atom is 0.254 e. The number of methoxy groups -OCH3 is 1. The Morgan fingerprint density at radius 2 is 2.19 bits per heavy atom. The van der Waals surface area contributed by atoms with Gasteiger partial charge in [0, 0.05) is 24.7 Å². The average Bonchev–Trinajstić information content (AvgIpc) is 2.90. The van der Waals surface area contributed by atoms with Crippen molar-refractivity contribution in [1.29, 1.82) is 0 Å². The van der Waals surface area contributed by atoms with Gasteiger partial charge in [0.15, 0.2) is 11.5 Å². The lowest BCUT2D eigenvalue weighted by atomic mass is 10.1. The van der Waals surface area contributed by atoms with Crippen LogP contribution < -0.4 is 15.2 Å². The van der Waals surface area contributed by atoms with E-state index in [2.05, 4.69) is 13.8 Å². The molecule has 21 heavy (non-hydrogen) atoms. The van der Waals surface area contributed by atoms with Gasteiger partial charge in [0.1, 0.15) is 0 Å². The number of carbonyl (C=O) groups excluding carboxylic acids is 1. The summed E-state index contributed by atoms with van der Waals surface area (Å²) in [6.45, 7) is 6.12. The highest BCUT2D eigenvalue weighted by Crippen LogP contribution is 2.29. The summed E-state index contributed by atoms with van der Waals surface area (Å²) >= 11 is 0.